The standard InChI is InChI=1S/C44H30N4/c1-44(2)37-20-9-8-16-32(37)33-18-10-17-31(40(33)44)30-21-22-38-35(25-30)36-24-28-14-6-7-15-29(28)26-39(36)48(38)43-46-41(27-12-4-3-5-13-27)34-19-11-23-45-42(34)47-43/h3-26H,1-2H3. The Balaban J connectivity index is 1.27. The zero-order valence-corrected chi connectivity index (χ0v) is 26.6. The van der Waals surface area contributed by atoms with Gasteiger partial charge in [-0.1, -0.05) is 117 Å². The smallest absolute Gasteiger partial charge is 0.237 e. The first-order valence-corrected chi connectivity index (χ1v) is 16.5. The molecule has 0 atom stereocenters. The highest BCUT2D eigenvalue weighted by atomic mass is 15.2. The van der Waals surface area contributed by atoms with E-state index < -0.39 is 0 Å². The molecule has 48 heavy (non-hydrogen) atoms. The van der Waals surface area contributed by atoms with E-state index >= 15 is 0 Å². The number of rotatable bonds is 3. The van der Waals surface area contributed by atoms with Gasteiger partial charge in [-0.25, -0.2) is 9.97 Å². The van der Waals surface area contributed by atoms with Gasteiger partial charge in [-0.05, 0) is 80.6 Å². The van der Waals surface area contributed by atoms with Crippen LogP contribution in [0.4, 0.5) is 0 Å². The van der Waals surface area contributed by atoms with Crippen molar-refractivity contribution in [2.45, 2.75) is 19.3 Å². The topological polar surface area (TPSA) is 43.6 Å². The molecule has 4 nitrogen and oxygen atoms in total. The lowest BCUT2D eigenvalue weighted by Crippen LogP contribution is -2.16. The van der Waals surface area contributed by atoms with Crippen molar-refractivity contribution >= 4 is 43.6 Å². The molecule has 0 radical (unpaired) electrons. The van der Waals surface area contributed by atoms with E-state index in [4.69, 9.17) is 15.0 Å². The maximum Gasteiger partial charge on any atom is 0.237 e. The van der Waals surface area contributed by atoms with Crippen LogP contribution in [0.15, 0.2) is 146 Å². The highest BCUT2D eigenvalue weighted by Crippen LogP contribution is 2.52. The third kappa shape index (κ3) is 3.80. The molecule has 0 bridgehead atoms. The van der Waals surface area contributed by atoms with Crippen molar-refractivity contribution in [3.05, 3.63) is 157 Å². The highest BCUT2D eigenvalue weighted by Gasteiger charge is 2.37. The van der Waals surface area contributed by atoms with Gasteiger partial charge in [-0.2, -0.15) is 4.98 Å². The second-order valence-corrected chi connectivity index (χ2v) is 13.3. The van der Waals surface area contributed by atoms with E-state index in [-0.39, 0.29) is 5.41 Å². The van der Waals surface area contributed by atoms with E-state index in [0.29, 0.717) is 11.6 Å². The molecular weight excluding hydrogens is 585 g/mol. The minimum atomic E-state index is -0.110. The van der Waals surface area contributed by atoms with Crippen molar-refractivity contribution in [2.24, 2.45) is 0 Å². The average molecular weight is 615 g/mol. The van der Waals surface area contributed by atoms with Crippen LogP contribution >= 0.6 is 0 Å². The van der Waals surface area contributed by atoms with Gasteiger partial charge in [0.2, 0.25) is 5.95 Å². The first-order valence-electron chi connectivity index (χ1n) is 16.5. The average Bonchev–Trinajstić information content (AvgIpc) is 3.58. The minimum absolute atomic E-state index is 0.110. The maximum atomic E-state index is 5.28. The molecule has 0 saturated heterocycles. The summed E-state index contributed by atoms with van der Waals surface area (Å²) in [6, 6.07) is 50.0. The van der Waals surface area contributed by atoms with Crippen LogP contribution in [0, 0.1) is 0 Å². The molecule has 0 aliphatic heterocycles. The maximum absolute atomic E-state index is 5.28. The van der Waals surface area contributed by atoms with E-state index in [1.165, 1.54) is 54.9 Å². The van der Waals surface area contributed by atoms with Gasteiger partial charge in [0.1, 0.15) is 0 Å². The second kappa shape index (κ2) is 9.93. The first-order chi connectivity index (χ1) is 23.6. The van der Waals surface area contributed by atoms with E-state index in [1.807, 2.05) is 24.3 Å². The zero-order chi connectivity index (χ0) is 32.0. The molecule has 0 N–H and O–H groups in total. The summed E-state index contributed by atoms with van der Waals surface area (Å²) in [5.74, 6) is 0.611. The second-order valence-electron chi connectivity index (χ2n) is 13.3. The van der Waals surface area contributed by atoms with E-state index in [0.717, 1.165) is 27.7 Å². The number of hydrogen-bond acceptors (Lipinski definition) is 3. The van der Waals surface area contributed by atoms with Crippen molar-refractivity contribution in [3.8, 4) is 39.5 Å². The van der Waals surface area contributed by atoms with Crippen LogP contribution in [0.1, 0.15) is 25.0 Å². The first kappa shape index (κ1) is 27.0. The molecule has 226 valence electrons. The number of fused-ring (bicyclic) bond motifs is 8. The normalized spacial score (nSPS) is 13.4. The van der Waals surface area contributed by atoms with E-state index in [2.05, 4.69) is 134 Å². The van der Waals surface area contributed by atoms with Crippen LogP contribution in [0.25, 0.3) is 83.1 Å². The zero-order valence-electron chi connectivity index (χ0n) is 26.6. The van der Waals surface area contributed by atoms with Gasteiger partial charge >= 0.3 is 0 Å². The predicted molar refractivity (Wildman–Crippen MR) is 198 cm³/mol. The fourth-order valence-corrected chi connectivity index (χ4v) is 8.04. The molecule has 0 spiro atoms. The molecule has 3 aromatic heterocycles. The largest absolute Gasteiger partial charge is 0.278 e. The molecule has 0 fully saturated rings. The van der Waals surface area contributed by atoms with Crippen molar-refractivity contribution in [3.63, 3.8) is 0 Å². The van der Waals surface area contributed by atoms with Crippen molar-refractivity contribution < 1.29 is 0 Å². The molecule has 6 aromatic carbocycles. The molecule has 1 aliphatic carbocycles. The number of aromatic nitrogens is 4. The lowest BCUT2D eigenvalue weighted by Gasteiger charge is -2.24. The number of benzene rings is 6. The molecular formula is C44H30N4. The van der Waals surface area contributed by atoms with Crippen LogP contribution in [0.5, 0.6) is 0 Å². The summed E-state index contributed by atoms with van der Waals surface area (Å²) in [4.78, 5) is 15.1. The third-order valence-corrected chi connectivity index (χ3v) is 10.2. The molecule has 9 aromatic rings. The van der Waals surface area contributed by atoms with Crippen LogP contribution in [0.2, 0.25) is 0 Å². The van der Waals surface area contributed by atoms with Crippen LogP contribution in [-0.2, 0) is 5.41 Å². The summed E-state index contributed by atoms with van der Waals surface area (Å²) in [6.45, 7) is 4.71. The highest BCUT2D eigenvalue weighted by molar-refractivity contribution is 6.14. The monoisotopic (exact) mass is 614 g/mol. The summed E-state index contributed by atoms with van der Waals surface area (Å²) in [5.41, 5.74) is 12.5. The molecule has 10 rings (SSSR count). The van der Waals surface area contributed by atoms with Crippen molar-refractivity contribution in [2.75, 3.05) is 0 Å². The Morgan fingerprint density at radius 3 is 2.12 bits per heavy atom. The van der Waals surface area contributed by atoms with Gasteiger partial charge in [0, 0.05) is 33.3 Å². The van der Waals surface area contributed by atoms with Gasteiger partial charge in [-0.15, -0.1) is 0 Å². The van der Waals surface area contributed by atoms with Gasteiger partial charge in [0.15, 0.2) is 5.65 Å². The predicted octanol–water partition coefficient (Wildman–Crippen LogP) is 10.9. The lowest BCUT2D eigenvalue weighted by molar-refractivity contribution is 0.662. The molecule has 0 saturated carbocycles. The third-order valence-electron chi connectivity index (χ3n) is 10.2. The summed E-state index contributed by atoms with van der Waals surface area (Å²) >= 11 is 0. The number of nitrogens with zero attached hydrogens (tertiary/aromatic N) is 4. The van der Waals surface area contributed by atoms with Gasteiger partial charge in [0.05, 0.1) is 16.7 Å². The van der Waals surface area contributed by atoms with Crippen LogP contribution in [0.3, 0.4) is 0 Å². The Bertz CT molecular complexity index is 2760. The Kier molecular flexibility index (Phi) is 5.59. The van der Waals surface area contributed by atoms with Gasteiger partial charge in [0.25, 0.3) is 0 Å². The Morgan fingerprint density at radius 2 is 1.25 bits per heavy atom. The van der Waals surface area contributed by atoms with E-state index in [9.17, 15) is 0 Å². The Hall–Kier alpha value is -6.13. The summed E-state index contributed by atoms with van der Waals surface area (Å²) < 4.78 is 2.22. The quantitative estimate of drug-likeness (QED) is 0.199. The molecule has 4 heteroatoms. The lowest BCUT2D eigenvalue weighted by atomic mass is 9.79. The molecule has 0 unspecified atom stereocenters. The molecule has 0 amide bonds. The number of hydrogen-bond donors (Lipinski definition) is 0. The van der Waals surface area contributed by atoms with E-state index in [1.54, 1.807) is 6.20 Å². The summed E-state index contributed by atoms with van der Waals surface area (Å²) in [7, 11) is 0. The fourth-order valence-electron chi connectivity index (χ4n) is 8.04. The molecule has 1 aliphatic rings. The Morgan fingerprint density at radius 1 is 0.521 bits per heavy atom. The van der Waals surface area contributed by atoms with Crippen molar-refractivity contribution in [1.82, 2.24) is 19.5 Å². The van der Waals surface area contributed by atoms with Crippen LogP contribution in [-0.4, -0.2) is 19.5 Å². The van der Waals surface area contributed by atoms with Crippen molar-refractivity contribution in [1.29, 1.82) is 0 Å². The van der Waals surface area contributed by atoms with Crippen LogP contribution < -0.4 is 0 Å². The molecule has 3 heterocycles. The van der Waals surface area contributed by atoms with Gasteiger partial charge in [-0.3, -0.25) is 4.57 Å². The summed E-state index contributed by atoms with van der Waals surface area (Å²) in [5, 5.41) is 5.66. The SMILES string of the molecule is CC1(C)c2ccccc2-c2cccc(-c3ccc4c(c3)c3cc5ccccc5cc3n4-c3nc(-c4ccccc4)c4cccnc4n3)c21. The Labute approximate surface area is 278 Å². The summed E-state index contributed by atoms with van der Waals surface area (Å²) in [6.07, 6.45) is 1.80. The van der Waals surface area contributed by atoms with Gasteiger partial charge < -0.3 is 0 Å². The fraction of sp³-hybridized carbons (Fsp3) is 0.0682. The number of pyridine rings is 1. The minimum Gasteiger partial charge on any atom is -0.278 e.